The summed E-state index contributed by atoms with van der Waals surface area (Å²) in [5, 5.41) is 0.260. The molecule has 0 saturated heterocycles. The molecule has 1 N–H and O–H groups in total. The number of benzene rings is 2. The molecular weight excluding hydrogens is 354 g/mol. The Kier molecular flexibility index (Phi) is 5.36. The smallest absolute Gasteiger partial charge is 0.338 e. The number of hydrogen-bond acceptors (Lipinski definition) is 5. The van der Waals surface area contributed by atoms with Crippen LogP contribution in [0.5, 0.6) is 5.75 Å². The lowest BCUT2D eigenvalue weighted by Gasteiger charge is -2.14. The number of sulfonamides is 1. The number of halogens is 1. The number of carbonyl (C=O) groups is 1. The van der Waals surface area contributed by atoms with Crippen molar-refractivity contribution in [2.24, 2.45) is 0 Å². The molecule has 8 heteroatoms. The highest BCUT2D eigenvalue weighted by molar-refractivity contribution is 7.92. The third-order valence-electron chi connectivity index (χ3n) is 3.40. The fraction of sp³-hybridized carbons (Fsp3) is 0.188. The highest BCUT2D eigenvalue weighted by atomic mass is 35.5. The molecule has 0 aromatic heterocycles. The highest BCUT2D eigenvalue weighted by Gasteiger charge is 2.22. The molecule has 6 nitrogen and oxygen atoms in total. The largest absolute Gasteiger partial charge is 0.495 e. The highest BCUT2D eigenvalue weighted by Crippen LogP contribution is 2.30. The monoisotopic (exact) mass is 369 g/mol. The Balaban J connectivity index is 2.48. The van der Waals surface area contributed by atoms with Crippen LogP contribution in [0.4, 0.5) is 5.69 Å². The van der Waals surface area contributed by atoms with E-state index < -0.39 is 16.0 Å². The van der Waals surface area contributed by atoms with E-state index in [9.17, 15) is 13.2 Å². The number of methoxy groups -OCH3 is 2. The van der Waals surface area contributed by atoms with Gasteiger partial charge in [0.2, 0.25) is 0 Å². The molecule has 0 atom stereocenters. The van der Waals surface area contributed by atoms with E-state index in [2.05, 4.69) is 9.46 Å². The first-order valence-corrected chi connectivity index (χ1v) is 8.70. The summed E-state index contributed by atoms with van der Waals surface area (Å²) >= 11 is 5.89. The first kappa shape index (κ1) is 18.1. The lowest BCUT2D eigenvalue weighted by molar-refractivity contribution is 0.0600. The van der Waals surface area contributed by atoms with Gasteiger partial charge < -0.3 is 9.47 Å². The van der Waals surface area contributed by atoms with E-state index in [4.69, 9.17) is 16.3 Å². The van der Waals surface area contributed by atoms with Gasteiger partial charge in [-0.2, -0.15) is 0 Å². The molecular formula is C16H16ClNO5S. The Morgan fingerprint density at radius 2 is 1.88 bits per heavy atom. The number of carbonyl (C=O) groups excluding carboxylic acids is 1. The maximum Gasteiger partial charge on any atom is 0.338 e. The normalized spacial score (nSPS) is 11.0. The number of rotatable bonds is 5. The molecule has 0 radical (unpaired) electrons. The zero-order chi connectivity index (χ0) is 17.9. The van der Waals surface area contributed by atoms with E-state index in [-0.39, 0.29) is 26.9 Å². The summed E-state index contributed by atoms with van der Waals surface area (Å²) in [5.74, 6) is -0.387. The van der Waals surface area contributed by atoms with Crippen LogP contribution in [0.15, 0.2) is 41.3 Å². The average molecular weight is 370 g/mol. The summed E-state index contributed by atoms with van der Waals surface area (Å²) < 4.78 is 37.6. The van der Waals surface area contributed by atoms with Gasteiger partial charge in [-0.1, -0.05) is 17.7 Å². The van der Waals surface area contributed by atoms with Crippen molar-refractivity contribution in [2.45, 2.75) is 11.8 Å². The molecule has 0 unspecified atom stereocenters. The van der Waals surface area contributed by atoms with Crippen molar-refractivity contribution in [1.82, 2.24) is 0 Å². The van der Waals surface area contributed by atoms with E-state index in [1.54, 1.807) is 25.1 Å². The maximum atomic E-state index is 12.7. The van der Waals surface area contributed by atoms with Gasteiger partial charge in [-0.05, 0) is 42.8 Å². The molecule has 0 fully saturated rings. The Hall–Kier alpha value is -2.25. The first-order valence-electron chi connectivity index (χ1n) is 6.84. The number of esters is 1. The van der Waals surface area contributed by atoms with Crippen LogP contribution in [0.2, 0.25) is 5.02 Å². The van der Waals surface area contributed by atoms with Gasteiger partial charge in [-0.15, -0.1) is 0 Å². The van der Waals surface area contributed by atoms with Crippen molar-refractivity contribution in [1.29, 1.82) is 0 Å². The van der Waals surface area contributed by atoms with Crippen LogP contribution in [0.25, 0.3) is 0 Å². The Morgan fingerprint density at radius 3 is 2.50 bits per heavy atom. The van der Waals surface area contributed by atoms with Crippen molar-refractivity contribution < 1.29 is 22.7 Å². The van der Waals surface area contributed by atoms with E-state index in [0.717, 1.165) is 0 Å². The minimum atomic E-state index is -3.96. The van der Waals surface area contributed by atoms with Gasteiger partial charge in [-0.3, -0.25) is 4.72 Å². The SMILES string of the molecule is COC(=O)c1cccc(NS(=O)(=O)c2cc(Cl)ccc2OC)c1C. The second kappa shape index (κ2) is 7.11. The molecule has 2 aromatic carbocycles. The summed E-state index contributed by atoms with van der Waals surface area (Å²) in [6.07, 6.45) is 0. The predicted octanol–water partition coefficient (Wildman–Crippen LogP) is 3.24. The van der Waals surface area contributed by atoms with Crippen LogP contribution in [0, 0.1) is 6.92 Å². The van der Waals surface area contributed by atoms with Crippen LogP contribution in [-0.2, 0) is 14.8 Å². The molecule has 2 rings (SSSR count). The minimum Gasteiger partial charge on any atom is -0.495 e. The first-order chi connectivity index (χ1) is 11.3. The molecule has 0 saturated carbocycles. The standard InChI is InChI=1S/C16H16ClNO5S/c1-10-12(16(19)23-3)5-4-6-13(10)18-24(20,21)15-9-11(17)7-8-14(15)22-2/h4-9,18H,1-3H3. The van der Waals surface area contributed by atoms with Crippen molar-refractivity contribution in [2.75, 3.05) is 18.9 Å². The second-order valence-corrected chi connectivity index (χ2v) is 6.96. The fourth-order valence-electron chi connectivity index (χ4n) is 2.14. The number of nitrogens with one attached hydrogen (secondary N) is 1. The zero-order valence-corrected chi connectivity index (χ0v) is 14.9. The molecule has 0 spiro atoms. The Morgan fingerprint density at radius 1 is 1.17 bits per heavy atom. The number of hydrogen-bond donors (Lipinski definition) is 1. The van der Waals surface area contributed by atoms with Crippen LogP contribution in [0.3, 0.4) is 0 Å². The van der Waals surface area contributed by atoms with Crippen LogP contribution in [-0.4, -0.2) is 28.6 Å². The summed E-state index contributed by atoms with van der Waals surface area (Å²) in [6, 6.07) is 8.96. The molecule has 2 aromatic rings. The maximum absolute atomic E-state index is 12.7. The van der Waals surface area contributed by atoms with E-state index >= 15 is 0 Å². The third kappa shape index (κ3) is 3.63. The van der Waals surface area contributed by atoms with E-state index in [0.29, 0.717) is 5.56 Å². The van der Waals surface area contributed by atoms with Gasteiger partial charge in [-0.25, -0.2) is 13.2 Å². The summed E-state index contributed by atoms with van der Waals surface area (Å²) in [4.78, 5) is 11.6. The number of anilines is 1. The molecule has 0 heterocycles. The van der Waals surface area contributed by atoms with Gasteiger partial charge >= 0.3 is 5.97 Å². The van der Waals surface area contributed by atoms with Crippen LogP contribution >= 0.6 is 11.6 Å². The fourth-order valence-corrected chi connectivity index (χ4v) is 3.69. The van der Waals surface area contributed by atoms with Gasteiger partial charge in [0.05, 0.1) is 25.5 Å². The molecule has 128 valence electrons. The van der Waals surface area contributed by atoms with Gasteiger partial charge in [0, 0.05) is 5.02 Å². The van der Waals surface area contributed by atoms with Crippen molar-refractivity contribution in [3.8, 4) is 5.75 Å². The summed E-state index contributed by atoms with van der Waals surface area (Å²) in [7, 11) is -1.34. The molecule has 0 amide bonds. The lowest BCUT2D eigenvalue weighted by Crippen LogP contribution is -2.16. The van der Waals surface area contributed by atoms with Gasteiger partial charge in [0.25, 0.3) is 10.0 Å². The Bertz CT molecular complexity index is 880. The topological polar surface area (TPSA) is 81.7 Å². The summed E-state index contributed by atoms with van der Waals surface area (Å²) in [6.45, 7) is 1.62. The van der Waals surface area contributed by atoms with Crippen molar-refractivity contribution in [3.63, 3.8) is 0 Å². The minimum absolute atomic E-state index is 0.0969. The van der Waals surface area contributed by atoms with Crippen LogP contribution < -0.4 is 9.46 Å². The predicted molar refractivity (Wildman–Crippen MR) is 91.3 cm³/mol. The molecule has 0 aliphatic carbocycles. The van der Waals surface area contributed by atoms with Crippen molar-refractivity contribution >= 4 is 33.3 Å². The molecule has 0 bridgehead atoms. The van der Waals surface area contributed by atoms with E-state index in [1.807, 2.05) is 0 Å². The van der Waals surface area contributed by atoms with Crippen molar-refractivity contribution in [3.05, 3.63) is 52.5 Å². The molecule has 0 aliphatic rings. The third-order valence-corrected chi connectivity index (χ3v) is 5.02. The quantitative estimate of drug-likeness (QED) is 0.818. The Labute approximate surface area is 145 Å². The van der Waals surface area contributed by atoms with Gasteiger partial charge in [0.1, 0.15) is 10.6 Å². The molecule has 24 heavy (non-hydrogen) atoms. The molecule has 0 aliphatic heterocycles. The van der Waals surface area contributed by atoms with Crippen LogP contribution in [0.1, 0.15) is 15.9 Å². The summed E-state index contributed by atoms with van der Waals surface area (Å²) in [5.41, 5.74) is 0.990. The van der Waals surface area contributed by atoms with Gasteiger partial charge in [0.15, 0.2) is 0 Å². The lowest BCUT2D eigenvalue weighted by atomic mass is 10.1. The second-order valence-electron chi connectivity index (χ2n) is 4.87. The van der Waals surface area contributed by atoms with E-state index in [1.165, 1.54) is 32.4 Å². The zero-order valence-electron chi connectivity index (χ0n) is 13.3. The average Bonchev–Trinajstić information content (AvgIpc) is 2.56. The number of ether oxygens (including phenoxy) is 2.